The maximum atomic E-state index is 14.0. The molecule has 5 aromatic rings. The van der Waals surface area contributed by atoms with Crippen LogP contribution in [0.5, 0.6) is 5.75 Å². The Morgan fingerprint density at radius 2 is 1.66 bits per heavy atom. The molecule has 0 amide bonds. The quantitative estimate of drug-likeness (QED) is 0.327. The minimum atomic E-state index is -3.92. The normalized spacial score (nSPS) is 12.7. The molecule has 0 radical (unpaired) electrons. The summed E-state index contributed by atoms with van der Waals surface area (Å²) < 4.78 is 35.6. The fraction of sp³-hybridized carbons (Fsp3) is 0.179. The van der Waals surface area contributed by atoms with Crippen molar-refractivity contribution in [2.45, 2.75) is 35.9 Å². The van der Waals surface area contributed by atoms with E-state index < -0.39 is 9.84 Å². The molecule has 1 heterocycles. The van der Waals surface area contributed by atoms with E-state index in [2.05, 4.69) is 5.10 Å². The van der Waals surface area contributed by atoms with E-state index in [4.69, 9.17) is 10.5 Å². The molecular formula is C28H27N3O3S. The van der Waals surface area contributed by atoms with Crippen LogP contribution in [0.2, 0.25) is 0 Å². The topological polar surface area (TPSA) is 87.2 Å². The molecule has 0 saturated carbocycles. The standard InChI is InChI=1S/C28H27N3O3S/c1-20(29)16-17-34-23-14-15-26-25(18-23)28(30-31(26)19-21-8-3-2-4-9-21)35(32,33)27-13-7-11-22-10-5-6-12-24(22)27/h2-15,18,20H,16-17,19,29H2,1H3. The maximum Gasteiger partial charge on any atom is 0.226 e. The molecule has 0 aliphatic heterocycles. The van der Waals surface area contributed by atoms with Crippen LogP contribution in [0.3, 0.4) is 0 Å². The first-order chi connectivity index (χ1) is 16.9. The fourth-order valence-corrected chi connectivity index (χ4v) is 5.79. The van der Waals surface area contributed by atoms with Crippen molar-refractivity contribution in [2.75, 3.05) is 6.61 Å². The summed E-state index contributed by atoms with van der Waals surface area (Å²) >= 11 is 0. The predicted molar refractivity (Wildman–Crippen MR) is 138 cm³/mol. The van der Waals surface area contributed by atoms with Crippen LogP contribution in [0, 0.1) is 0 Å². The number of hydrogen-bond donors (Lipinski definition) is 1. The van der Waals surface area contributed by atoms with Crippen LogP contribution in [0.25, 0.3) is 21.7 Å². The van der Waals surface area contributed by atoms with E-state index in [-0.39, 0.29) is 16.0 Å². The summed E-state index contributed by atoms with van der Waals surface area (Å²) in [6.45, 7) is 2.83. The molecule has 2 N–H and O–H groups in total. The number of aromatic nitrogens is 2. The third kappa shape index (κ3) is 4.65. The van der Waals surface area contributed by atoms with Gasteiger partial charge in [0.05, 0.1) is 23.6 Å². The van der Waals surface area contributed by atoms with Crippen LogP contribution < -0.4 is 10.5 Å². The highest BCUT2D eigenvalue weighted by Gasteiger charge is 2.27. The molecule has 5 rings (SSSR count). The number of sulfone groups is 1. The van der Waals surface area contributed by atoms with Gasteiger partial charge in [-0.2, -0.15) is 5.10 Å². The van der Waals surface area contributed by atoms with Crippen molar-refractivity contribution in [1.82, 2.24) is 9.78 Å². The average Bonchev–Trinajstić information content (AvgIpc) is 3.22. The van der Waals surface area contributed by atoms with Crippen LogP contribution in [0.4, 0.5) is 0 Å². The van der Waals surface area contributed by atoms with Gasteiger partial charge in [-0.15, -0.1) is 0 Å². The summed E-state index contributed by atoms with van der Waals surface area (Å²) in [7, 11) is -3.92. The third-order valence-electron chi connectivity index (χ3n) is 6.00. The Bertz CT molecular complexity index is 1590. The SMILES string of the molecule is CC(N)CCOc1ccc2c(c1)c(S(=O)(=O)c1cccc3ccccc13)nn2Cc1ccccc1. The molecule has 35 heavy (non-hydrogen) atoms. The zero-order valence-corrected chi connectivity index (χ0v) is 20.3. The Kier molecular flexibility index (Phi) is 6.28. The van der Waals surface area contributed by atoms with Gasteiger partial charge in [0.1, 0.15) is 5.75 Å². The Labute approximate surface area is 204 Å². The molecule has 1 atom stereocenters. The minimum Gasteiger partial charge on any atom is -0.494 e. The number of nitrogens with zero attached hydrogens (tertiary/aromatic N) is 2. The zero-order valence-electron chi connectivity index (χ0n) is 19.5. The fourth-order valence-electron chi connectivity index (χ4n) is 4.19. The van der Waals surface area contributed by atoms with Crippen LogP contribution in [-0.4, -0.2) is 30.8 Å². The van der Waals surface area contributed by atoms with Crippen molar-refractivity contribution >= 4 is 31.5 Å². The molecular weight excluding hydrogens is 458 g/mol. The highest BCUT2D eigenvalue weighted by atomic mass is 32.2. The lowest BCUT2D eigenvalue weighted by Gasteiger charge is -2.09. The summed E-state index contributed by atoms with van der Waals surface area (Å²) in [5, 5.41) is 6.74. The molecule has 178 valence electrons. The maximum absolute atomic E-state index is 14.0. The van der Waals surface area contributed by atoms with E-state index in [0.717, 1.165) is 16.5 Å². The van der Waals surface area contributed by atoms with Gasteiger partial charge in [-0.1, -0.05) is 66.7 Å². The number of benzene rings is 4. The summed E-state index contributed by atoms with van der Waals surface area (Å²) in [4.78, 5) is 0.241. The van der Waals surface area contributed by atoms with Gasteiger partial charge in [0.2, 0.25) is 9.84 Å². The second-order valence-corrected chi connectivity index (χ2v) is 10.6. The van der Waals surface area contributed by atoms with Crippen LogP contribution in [0.1, 0.15) is 18.9 Å². The van der Waals surface area contributed by atoms with Gasteiger partial charge in [0, 0.05) is 16.8 Å². The Hall–Kier alpha value is -3.68. The molecule has 7 heteroatoms. The first kappa shape index (κ1) is 23.1. The first-order valence-electron chi connectivity index (χ1n) is 11.6. The number of rotatable bonds is 8. The highest BCUT2D eigenvalue weighted by Crippen LogP contribution is 2.34. The van der Waals surface area contributed by atoms with Crippen molar-refractivity contribution in [3.05, 3.63) is 96.6 Å². The van der Waals surface area contributed by atoms with E-state index in [0.29, 0.717) is 36.1 Å². The minimum absolute atomic E-state index is 0.0228. The summed E-state index contributed by atoms with van der Waals surface area (Å²) in [5.41, 5.74) is 7.60. The second-order valence-electron chi connectivity index (χ2n) is 8.72. The number of nitrogens with two attached hydrogens (primary N) is 1. The van der Waals surface area contributed by atoms with E-state index in [9.17, 15) is 8.42 Å². The van der Waals surface area contributed by atoms with E-state index in [1.807, 2.05) is 79.7 Å². The van der Waals surface area contributed by atoms with Gasteiger partial charge in [-0.25, -0.2) is 8.42 Å². The summed E-state index contributed by atoms with van der Waals surface area (Å²) in [6.07, 6.45) is 0.701. The Balaban J connectivity index is 1.66. The first-order valence-corrected chi connectivity index (χ1v) is 13.1. The highest BCUT2D eigenvalue weighted by molar-refractivity contribution is 7.91. The lowest BCUT2D eigenvalue weighted by atomic mass is 10.1. The number of ether oxygens (including phenoxy) is 1. The number of fused-ring (bicyclic) bond motifs is 2. The monoisotopic (exact) mass is 485 g/mol. The predicted octanol–water partition coefficient (Wildman–Crippen LogP) is 5.19. The van der Waals surface area contributed by atoms with Crippen molar-refractivity contribution in [1.29, 1.82) is 0 Å². The smallest absolute Gasteiger partial charge is 0.226 e. The molecule has 6 nitrogen and oxygen atoms in total. The molecule has 4 aromatic carbocycles. The lowest BCUT2D eigenvalue weighted by molar-refractivity contribution is 0.301. The van der Waals surface area contributed by atoms with Crippen molar-refractivity contribution in [3.8, 4) is 5.75 Å². The molecule has 0 aliphatic rings. The largest absolute Gasteiger partial charge is 0.494 e. The molecule has 0 spiro atoms. The zero-order chi connectivity index (χ0) is 24.4. The Morgan fingerprint density at radius 3 is 2.46 bits per heavy atom. The third-order valence-corrected chi connectivity index (χ3v) is 7.74. The molecule has 0 fully saturated rings. The van der Waals surface area contributed by atoms with Crippen LogP contribution >= 0.6 is 0 Å². The van der Waals surface area contributed by atoms with Crippen molar-refractivity contribution < 1.29 is 13.2 Å². The van der Waals surface area contributed by atoms with Gasteiger partial charge < -0.3 is 10.5 Å². The molecule has 0 aliphatic carbocycles. The molecule has 1 unspecified atom stereocenters. The molecule has 0 saturated heterocycles. The van der Waals surface area contributed by atoms with E-state index >= 15 is 0 Å². The van der Waals surface area contributed by atoms with E-state index in [1.54, 1.807) is 22.9 Å². The second kappa shape index (κ2) is 9.52. The van der Waals surface area contributed by atoms with Crippen molar-refractivity contribution in [2.24, 2.45) is 5.73 Å². The van der Waals surface area contributed by atoms with Gasteiger partial charge in [0.15, 0.2) is 5.03 Å². The average molecular weight is 486 g/mol. The van der Waals surface area contributed by atoms with Crippen LogP contribution in [-0.2, 0) is 16.4 Å². The lowest BCUT2D eigenvalue weighted by Crippen LogP contribution is -2.18. The molecule has 0 bridgehead atoms. The van der Waals surface area contributed by atoms with Gasteiger partial charge in [-0.3, -0.25) is 4.68 Å². The van der Waals surface area contributed by atoms with Gasteiger partial charge in [0.25, 0.3) is 0 Å². The summed E-state index contributed by atoms with van der Waals surface area (Å²) in [5.74, 6) is 0.590. The van der Waals surface area contributed by atoms with Gasteiger partial charge >= 0.3 is 0 Å². The Morgan fingerprint density at radius 1 is 0.914 bits per heavy atom. The number of hydrogen-bond acceptors (Lipinski definition) is 5. The molecule has 1 aromatic heterocycles. The van der Waals surface area contributed by atoms with Crippen molar-refractivity contribution in [3.63, 3.8) is 0 Å². The van der Waals surface area contributed by atoms with Gasteiger partial charge in [-0.05, 0) is 48.6 Å². The van der Waals surface area contributed by atoms with Crippen LogP contribution in [0.15, 0.2) is 101 Å². The summed E-state index contributed by atoms with van der Waals surface area (Å²) in [6, 6.07) is 28.2. The van der Waals surface area contributed by atoms with E-state index in [1.165, 1.54) is 0 Å².